The van der Waals surface area contributed by atoms with Crippen LogP contribution < -0.4 is 30.3 Å². The van der Waals surface area contributed by atoms with Crippen LogP contribution in [0.1, 0.15) is 37.9 Å². The largest absolute Gasteiger partial charge is 0.490 e. The smallest absolute Gasteiger partial charge is 0.338 e. The minimum absolute atomic E-state index is 0.114. The number of carbonyl (C=O) groups is 2. The molecule has 0 radical (unpaired) electrons. The predicted molar refractivity (Wildman–Crippen MR) is 163 cm³/mol. The van der Waals surface area contributed by atoms with Crippen LogP contribution in [0.5, 0.6) is 17.2 Å². The third-order valence-corrected chi connectivity index (χ3v) is 6.41. The molecule has 40 heavy (non-hydrogen) atoms. The van der Waals surface area contributed by atoms with Crippen LogP contribution in [-0.4, -0.2) is 49.6 Å². The Bertz CT molecular complexity index is 1370. The summed E-state index contributed by atoms with van der Waals surface area (Å²) in [6.45, 7) is 5.80. The summed E-state index contributed by atoms with van der Waals surface area (Å²) in [6.07, 6.45) is 6.79. The van der Waals surface area contributed by atoms with E-state index in [2.05, 4.69) is 49.7 Å². The second-order valence-corrected chi connectivity index (χ2v) is 9.74. The van der Waals surface area contributed by atoms with E-state index >= 15 is 0 Å². The molecule has 1 amide bonds. The average molecular weight is 677 g/mol. The van der Waals surface area contributed by atoms with Crippen LogP contribution in [0.25, 0.3) is 0 Å². The first-order valence-corrected chi connectivity index (χ1v) is 13.8. The van der Waals surface area contributed by atoms with Gasteiger partial charge >= 0.3 is 5.97 Å². The molecular weight excluding hydrogens is 647 g/mol. The molecule has 3 rings (SSSR count). The number of amides is 1. The van der Waals surface area contributed by atoms with E-state index in [1.807, 2.05) is 13.0 Å². The van der Waals surface area contributed by atoms with Crippen LogP contribution in [0.3, 0.4) is 0 Å². The Balaban J connectivity index is 1.70. The standard InChI is InChI=1S/C28H29IN4O6S/c1-5-12-38-26-20(29)13-18(14-22(26)36-6-2)15-30-33-23(34)16-39-21-11-9-8-10-19(21)25-24(27(35)37-7-3)17(4)31-28(40)32-25/h1,8-11,13-15,25H,6-7,12,16H2,2-4H3,(H,33,34)(H2,31,32,40)/t25-/m0/s1. The fourth-order valence-corrected chi connectivity index (χ4v) is 4.84. The Labute approximate surface area is 252 Å². The summed E-state index contributed by atoms with van der Waals surface area (Å²) >= 11 is 7.42. The lowest BCUT2D eigenvalue weighted by Gasteiger charge is -2.30. The molecule has 0 fully saturated rings. The van der Waals surface area contributed by atoms with Gasteiger partial charge in [0.05, 0.1) is 34.6 Å². The van der Waals surface area contributed by atoms with Gasteiger partial charge in [0.1, 0.15) is 12.4 Å². The summed E-state index contributed by atoms with van der Waals surface area (Å²) in [5.74, 6) is 2.95. The zero-order valence-corrected chi connectivity index (χ0v) is 25.2. The van der Waals surface area contributed by atoms with Crippen LogP contribution >= 0.6 is 34.8 Å². The van der Waals surface area contributed by atoms with Crippen LogP contribution in [0.4, 0.5) is 0 Å². The fourth-order valence-electron chi connectivity index (χ4n) is 3.79. The molecule has 0 saturated heterocycles. The van der Waals surface area contributed by atoms with Gasteiger partial charge in [0.15, 0.2) is 23.2 Å². The quantitative estimate of drug-likeness (QED) is 0.0775. The Morgan fingerprint density at radius 1 is 1.18 bits per heavy atom. The van der Waals surface area contributed by atoms with Gasteiger partial charge in [-0.2, -0.15) is 5.10 Å². The molecule has 12 heteroatoms. The van der Waals surface area contributed by atoms with Crippen molar-refractivity contribution in [2.45, 2.75) is 26.8 Å². The number of hydrogen-bond acceptors (Lipinski definition) is 8. The number of nitrogens with one attached hydrogen (secondary N) is 3. The van der Waals surface area contributed by atoms with E-state index < -0.39 is 17.9 Å². The van der Waals surface area contributed by atoms with Gasteiger partial charge in [-0.25, -0.2) is 10.2 Å². The van der Waals surface area contributed by atoms with E-state index in [4.69, 9.17) is 37.6 Å². The number of hydrazone groups is 1. The second-order valence-electron chi connectivity index (χ2n) is 8.17. The minimum atomic E-state index is -0.625. The monoisotopic (exact) mass is 676 g/mol. The molecule has 0 spiro atoms. The summed E-state index contributed by atoms with van der Waals surface area (Å²) in [5.41, 5.74) is 4.71. The van der Waals surface area contributed by atoms with Gasteiger partial charge in [0, 0.05) is 11.3 Å². The Morgan fingerprint density at radius 2 is 1.95 bits per heavy atom. The molecule has 210 valence electrons. The van der Waals surface area contributed by atoms with Crippen molar-refractivity contribution >= 4 is 58.0 Å². The van der Waals surface area contributed by atoms with E-state index in [0.29, 0.717) is 51.4 Å². The summed E-state index contributed by atoms with van der Waals surface area (Å²) in [4.78, 5) is 25.2. The number of rotatable bonds is 12. The topological polar surface area (TPSA) is 120 Å². The average Bonchev–Trinajstić information content (AvgIpc) is 2.91. The lowest BCUT2D eigenvalue weighted by atomic mass is 9.95. The molecule has 2 aromatic carbocycles. The van der Waals surface area contributed by atoms with Gasteiger partial charge in [0.2, 0.25) is 0 Å². The lowest BCUT2D eigenvalue weighted by Crippen LogP contribution is -2.45. The van der Waals surface area contributed by atoms with Crippen molar-refractivity contribution in [1.82, 2.24) is 16.1 Å². The normalized spacial score (nSPS) is 14.6. The summed E-state index contributed by atoms with van der Waals surface area (Å²) in [7, 11) is 0. The van der Waals surface area contributed by atoms with Gasteiger partial charge in [0.25, 0.3) is 5.91 Å². The Kier molecular flexibility index (Phi) is 11.6. The first-order chi connectivity index (χ1) is 19.3. The second kappa shape index (κ2) is 15.1. The Hall–Kier alpha value is -3.83. The molecule has 1 aliphatic heterocycles. The molecule has 0 aromatic heterocycles. The van der Waals surface area contributed by atoms with Crippen molar-refractivity contribution in [3.05, 3.63) is 62.4 Å². The molecule has 1 aliphatic rings. The van der Waals surface area contributed by atoms with Gasteiger partial charge in [-0.15, -0.1) is 6.42 Å². The molecule has 0 unspecified atom stereocenters. The Morgan fingerprint density at radius 3 is 2.67 bits per heavy atom. The van der Waals surface area contributed by atoms with Crippen molar-refractivity contribution in [3.63, 3.8) is 0 Å². The molecule has 1 atom stereocenters. The molecule has 2 aromatic rings. The first kappa shape index (κ1) is 30.7. The maximum Gasteiger partial charge on any atom is 0.338 e. The fraction of sp³-hybridized carbons (Fsp3) is 0.286. The molecule has 0 saturated carbocycles. The van der Waals surface area contributed by atoms with Gasteiger partial charge < -0.3 is 29.6 Å². The van der Waals surface area contributed by atoms with Crippen molar-refractivity contribution in [2.24, 2.45) is 5.10 Å². The molecule has 0 bridgehead atoms. The highest BCUT2D eigenvalue weighted by atomic mass is 127. The van der Waals surface area contributed by atoms with Crippen LogP contribution in [0.15, 0.2) is 52.8 Å². The highest BCUT2D eigenvalue weighted by Gasteiger charge is 2.32. The number of para-hydroxylation sites is 1. The number of ether oxygens (including phenoxy) is 4. The summed E-state index contributed by atoms with van der Waals surface area (Å²) in [6, 6.07) is 10.0. The summed E-state index contributed by atoms with van der Waals surface area (Å²) in [5, 5.41) is 10.4. The number of carbonyl (C=O) groups excluding carboxylic acids is 2. The number of terminal acetylenes is 1. The van der Waals surface area contributed by atoms with Gasteiger partial charge in [-0.3, -0.25) is 4.79 Å². The van der Waals surface area contributed by atoms with Crippen molar-refractivity contribution in [3.8, 4) is 29.6 Å². The van der Waals surface area contributed by atoms with Crippen LogP contribution in [-0.2, 0) is 14.3 Å². The zero-order chi connectivity index (χ0) is 29.1. The predicted octanol–water partition coefficient (Wildman–Crippen LogP) is 3.59. The SMILES string of the molecule is C#CCOc1c(I)cc(C=NNC(=O)COc2ccccc2[C@@H]2NC(=S)NC(C)=C2C(=O)OCC)cc1OCC. The molecule has 1 heterocycles. The third kappa shape index (κ3) is 8.09. The van der Waals surface area contributed by atoms with E-state index in [9.17, 15) is 9.59 Å². The number of thiocarbonyl (C=S) groups is 1. The van der Waals surface area contributed by atoms with Crippen LogP contribution in [0.2, 0.25) is 0 Å². The van der Waals surface area contributed by atoms with Gasteiger partial charge in [-0.1, -0.05) is 24.1 Å². The maximum atomic E-state index is 12.7. The van der Waals surface area contributed by atoms with Crippen molar-refractivity contribution in [1.29, 1.82) is 0 Å². The number of allylic oxidation sites excluding steroid dienone is 1. The van der Waals surface area contributed by atoms with E-state index in [1.54, 1.807) is 44.2 Å². The number of halogens is 1. The summed E-state index contributed by atoms with van der Waals surface area (Å²) < 4.78 is 23.1. The molecule has 10 nitrogen and oxygen atoms in total. The van der Waals surface area contributed by atoms with E-state index in [1.165, 1.54) is 6.21 Å². The highest BCUT2D eigenvalue weighted by molar-refractivity contribution is 14.1. The molecule has 0 aliphatic carbocycles. The number of hydrogen-bond donors (Lipinski definition) is 3. The third-order valence-electron chi connectivity index (χ3n) is 5.39. The van der Waals surface area contributed by atoms with Gasteiger partial charge in [-0.05, 0) is 79.3 Å². The minimum Gasteiger partial charge on any atom is -0.490 e. The molecule has 3 N–H and O–H groups in total. The lowest BCUT2D eigenvalue weighted by molar-refractivity contribution is -0.139. The van der Waals surface area contributed by atoms with Crippen molar-refractivity contribution in [2.75, 3.05) is 26.4 Å². The highest BCUT2D eigenvalue weighted by Crippen LogP contribution is 2.35. The number of nitrogens with zero attached hydrogens (tertiary/aromatic N) is 1. The first-order valence-electron chi connectivity index (χ1n) is 12.3. The van der Waals surface area contributed by atoms with Crippen LogP contribution in [0, 0.1) is 15.9 Å². The maximum absolute atomic E-state index is 12.7. The molecular formula is C28H29IN4O6S. The van der Waals surface area contributed by atoms with E-state index in [-0.39, 0.29) is 19.8 Å². The van der Waals surface area contributed by atoms with Crippen molar-refractivity contribution < 1.29 is 28.5 Å². The number of benzene rings is 2. The van der Waals surface area contributed by atoms with E-state index in [0.717, 1.165) is 3.57 Å². The zero-order valence-electron chi connectivity index (χ0n) is 22.2. The number of esters is 1.